The van der Waals surface area contributed by atoms with Gasteiger partial charge in [-0.05, 0) is 27.2 Å². The molecule has 4 heteroatoms. The number of hydrogen-bond donors (Lipinski definition) is 0. The zero-order chi connectivity index (χ0) is 12.1. The minimum atomic E-state index is -0.494. The molecule has 15 heavy (non-hydrogen) atoms. The van der Waals surface area contributed by atoms with E-state index < -0.39 is 5.60 Å². The third-order valence-electron chi connectivity index (χ3n) is 1.68. The van der Waals surface area contributed by atoms with Crippen molar-refractivity contribution in [3.63, 3.8) is 0 Å². The smallest absolute Gasteiger partial charge is 0.326 e. The highest BCUT2D eigenvalue weighted by atomic mass is 16.6. The van der Waals surface area contributed by atoms with Gasteiger partial charge < -0.3 is 9.64 Å². The van der Waals surface area contributed by atoms with Crippen molar-refractivity contribution < 1.29 is 14.3 Å². The molecule has 0 aromatic heterocycles. The van der Waals surface area contributed by atoms with Gasteiger partial charge in [0, 0.05) is 13.5 Å². The van der Waals surface area contributed by atoms with Gasteiger partial charge in [-0.25, -0.2) is 0 Å². The predicted molar refractivity (Wildman–Crippen MR) is 58.4 cm³/mol. The van der Waals surface area contributed by atoms with E-state index in [1.165, 1.54) is 11.8 Å². The fraction of sp³-hybridized carbons (Fsp3) is 0.818. The highest BCUT2D eigenvalue weighted by Gasteiger charge is 2.19. The van der Waals surface area contributed by atoms with Crippen molar-refractivity contribution in [3.05, 3.63) is 0 Å². The van der Waals surface area contributed by atoms with Crippen LogP contribution >= 0.6 is 0 Å². The molecule has 0 heterocycles. The van der Waals surface area contributed by atoms with Crippen molar-refractivity contribution in [2.24, 2.45) is 0 Å². The first-order valence-electron chi connectivity index (χ1n) is 5.23. The summed E-state index contributed by atoms with van der Waals surface area (Å²) >= 11 is 0. The Morgan fingerprint density at radius 2 is 1.80 bits per heavy atom. The molecule has 88 valence electrons. The number of esters is 1. The number of rotatable bonds is 4. The summed E-state index contributed by atoms with van der Waals surface area (Å²) in [5.74, 6) is -0.450. The second-order valence-electron chi connectivity index (χ2n) is 4.53. The van der Waals surface area contributed by atoms with Gasteiger partial charge in [-0.15, -0.1) is 0 Å². The first-order valence-corrected chi connectivity index (χ1v) is 5.23. The molecule has 0 spiro atoms. The second-order valence-corrected chi connectivity index (χ2v) is 4.53. The third-order valence-corrected chi connectivity index (χ3v) is 1.68. The Balaban J connectivity index is 4.18. The van der Waals surface area contributed by atoms with Crippen molar-refractivity contribution in [3.8, 4) is 0 Å². The van der Waals surface area contributed by atoms with Crippen LogP contribution in [-0.2, 0) is 14.3 Å². The van der Waals surface area contributed by atoms with E-state index in [9.17, 15) is 9.59 Å². The summed E-state index contributed by atoms with van der Waals surface area (Å²) in [4.78, 5) is 24.1. The van der Waals surface area contributed by atoms with Crippen LogP contribution in [0.1, 0.15) is 41.0 Å². The normalized spacial score (nSPS) is 11.0. The predicted octanol–water partition coefficient (Wildman–Crippen LogP) is 1.59. The van der Waals surface area contributed by atoms with E-state index in [1.54, 1.807) is 0 Å². The van der Waals surface area contributed by atoms with Gasteiger partial charge >= 0.3 is 5.97 Å². The van der Waals surface area contributed by atoms with Gasteiger partial charge in [0.2, 0.25) is 5.91 Å². The second kappa shape index (κ2) is 5.73. The maximum absolute atomic E-state index is 11.4. The Labute approximate surface area is 91.6 Å². The van der Waals surface area contributed by atoms with Gasteiger partial charge in [-0.2, -0.15) is 0 Å². The maximum atomic E-state index is 11.4. The molecule has 0 saturated heterocycles. The Bertz CT molecular complexity index is 230. The molecule has 0 atom stereocenters. The molecule has 0 saturated carbocycles. The van der Waals surface area contributed by atoms with E-state index in [4.69, 9.17) is 4.74 Å². The lowest BCUT2D eigenvalue weighted by Gasteiger charge is -2.23. The van der Waals surface area contributed by atoms with E-state index >= 15 is 0 Å². The van der Waals surface area contributed by atoms with Crippen molar-refractivity contribution in [2.75, 3.05) is 13.1 Å². The summed E-state index contributed by atoms with van der Waals surface area (Å²) < 4.78 is 5.13. The number of amides is 1. The topological polar surface area (TPSA) is 46.6 Å². The zero-order valence-corrected chi connectivity index (χ0v) is 10.3. The largest absolute Gasteiger partial charge is 0.459 e. The average Bonchev–Trinajstić information content (AvgIpc) is 1.99. The van der Waals surface area contributed by atoms with Crippen LogP contribution in [0.25, 0.3) is 0 Å². The highest BCUT2D eigenvalue weighted by Crippen LogP contribution is 2.07. The number of carbonyl (C=O) groups excluding carboxylic acids is 2. The van der Waals surface area contributed by atoms with Crippen LogP contribution in [0.4, 0.5) is 0 Å². The first kappa shape index (κ1) is 13.9. The fourth-order valence-electron chi connectivity index (χ4n) is 1.15. The molecule has 0 radical (unpaired) electrons. The minimum Gasteiger partial charge on any atom is -0.459 e. The standard InChI is InChI=1S/C11H21NO3/c1-6-7-12(9(2)13)8-10(14)15-11(3,4)5/h6-8H2,1-5H3. The first-order chi connectivity index (χ1) is 6.76. The lowest BCUT2D eigenvalue weighted by Crippen LogP contribution is -2.38. The minimum absolute atomic E-state index is 0.0421. The Kier molecular flexibility index (Phi) is 5.33. The van der Waals surface area contributed by atoms with Crippen LogP contribution in [0.5, 0.6) is 0 Å². The summed E-state index contributed by atoms with van der Waals surface area (Å²) in [6.07, 6.45) is 0.836. The van der Waals surface area contributed by atoms with E-state index in [0.29, 0.717) is 6.54 Å². The summed E-state index contributed by atoms with van der Waals surface area (Å²) in [5, 5.41) is 0. The number of carbonyl (C=O) groups is 2. The Morgan fingerprint density at radius 1 is 1.27 bits per heavy atom. The molecule has 0 fully saturated rings. The van der Waals surface area contributed by atoms with Crippen LogP contribution in [0, 0.1) is 0 Å². The summed E-state index contributed by atoms with van der Waals surface area (Å²) in [7, 11) is 0. The average molecular weight is 215 g/mol. The summed E-state index contributed by atoms with van der Waals surface area (Å²) in [6.45, 7) is 9.48. The van der Waals surface area contributed by atoms with Gasteiger partial charge in [0.15, 0.2) is 0 Å². The molecule has 0 N–H and O–H groups in total. The molecule has 0 bridgehead atoms. The number of hydrogen-bond acceptors (Lipinski definition) is 3. The van der Waals surface area contributed by atoms with E-state index in [0.717, 1.165) is 6.42 Å². The maximum Gasteiger partial charge on any atom is 0.326 e. The quantitative estimate of drug-likeness (QED) is 0.669. The SMILES string of the molecule is CCCN(CC(=O)OC(C)(C)C)C(C)=O. The van der Waals surface area contributed by atoms with Crippen LogP contribution in [0.15, 0.2) is 0 Å². The van der Waals surface area contributed by atoms with Crippen molar-refractivity contribution in [1.82, 2.24) is 4.90 Å². The summed E-state index contributed by atoms with van der Waals surface area (Å²) in [6, 6.07) is 0. The highest BCUT2D eigenvalue weighted by molar-refractivity contribution is 5.80. The molecule has 0 aromatic carbocycles. The van der Waals surface area contributed by atoms with Crippen molar-refractivity contribution in [1.29, 1.82) is 0 Å². The Hall–Kier alpha value is -1.06. The van der Waals surface area contributed by atoms with Gasteiger partial charge in [0.1, 0.15) is 12.1 Å². The molecule has 0 unspecified atom stereocenters. The van der Waals surface area contributed by atoms with Crippen molar-refractivity contribution in [2.45, 2.75) is 46.6 Å². The lowest BCUT2D eigenvalue weighted by molar-refractivity contribution is -0.158. The van der Waals surface area contributed by atoms with E-state index in [2.05, 4.69) is 0 Å². The molecular weight excluding hydrogens is 194 g/mol. The van der Waals surface area contributed by atoms with Gasteiger partial charge in [0.05, 0.1) is 0 Å². The molecular formula is C11H21NO3. The van der Waals surface area contributed by atoms with Crippen LogP contribution in [-0.4, -0.2) is 35.5 Å². The molecule has 1 amide bonds. The van der Waals surface area contributed by atoms with Crippen molar-refractivity contribution >= 4 is 11.9 Å². The third kappa shape index (κ3) is 6.94. The van der Waals surface area contributed by atoms with E-state index in [1.807, 2.05) is 27.7 Å². The molecule has 0 aliphatic carbocycles. The van der Waals surface area contributed by atoms with Crippen LogP contribution < -0.4 is 0 Å². The monoisotopic (exact) mass is 215 g/mol. The molecule has 4 nitrogen and oxygen atoms in total. The van der Waals surface area contributed by atoms with Gasteiger partial charge in [0.25, 0.3) is 0 Å². The molecule has 0 aromatic rings. The van der Waals surface area contributed by atoms with Crippen LogP contribution in [0.2, 0.25) is 0 Å². The summed E-state index contributed by atoms with van der Waals surface area (Å²) in [5.41, 5.74) is -0.494. The molecule has 0 rings (SSSR count). The molecule has 0 aliphatic rings. The molecule has 0 aliphatic heterocycles. The van der Waals surface area contributed by atoms with E-state index in [-0.39, 0.29) is 18.4 Å². The zero-order valence-electron chi connectivity index (χ0n) is 10.3. The number of nitrogens with zero attached hydrogens (tertiary/aromatic N) is 1. The van der Waals surface area contributed by atoms with Crippen LogP contribution in [0.3, 0.4) is 0 Å². The van der Waals surface area contributed by atoms with Gasteiger partial charge in [-0.3, -0.25) is 9.59 Å². The Morgan fingerprint density at radius 3 is 2.13 bits per heavy atom. The lowest BCUT2D eigenvalue weighted by atomic mass is 10.2. The van der Waals surface area contributed by atoms with Gasteiger partial charge in [-0.1, -0.05) is 6.92 Å². The number of ether oxygens (including phenoxy) is 1. The fourth-order valence-corrected chi connectivity index (χ4v) is 1.15.